The molecule has 0 aliphatic heterocycles. The summed E-state index contributed by atoms with van der Waals surface area (Å²) in [5.41, 5.74) is 1.93. The molecule has 0 radical (unpaired) electrons. The molecule has 0 aliphatic carbocycles. The van der Waals surface area contributed by atoms with Gasteiger partial charge in [0, 0.05) is 29.6 Å². The highest BCUT2D eigenvalue weighted by atomic mass is 35.5. The average molecular weight is 283 g/mol. The van der Waals surface area contributed by atoms with E-state index >= 15 is 0 Å². The van der Waals surface area contributed by atoms with E-state index in [9.17, 15) is 10.1 Å². The quantitative estimate of drug-likeness (QED) is 0.673. The van der Waals surface area contributed by atoms with Crippen LogP contribution in [-0.4, -0.2) is 4.92 Å². The maximum atomic E-state index is 10.5. The van der Waals surface area contributed by atoms with Gasteiger partial charge in [0.1, 0.15) is 0 Å². The molecule has 2 rings (SSSR count). The molecule has 18 heavy (non-hydrogen) atoms. The highest BCUT2D eigenvalue weighted by Gasteiger charge is 2.09. The summed E-state index contributed by atoms with van der Waals surface area (Å²) in [5.74, 6) is 0. The molecule has 1 heterocycles. The molecule has 0 spiro atoms. The van der Waals surface area contributed by atoms with E-state index in [1.54, 1.807) is 11.4 Å². The summed E-state index contributed by atoms with van der Waals surface area (Å²) < 4.78 is 0. The zero-order valence-electron chi connectivity index (χ0n) is 9.43. The van der Waals surface area contributed by atoms with Gasteiger partial charge >= 0.3 is 5.00 Å². The molecule has 1 aromatic carbocycles. The van der Waals surface area contributed by atoms with Gasteiger partial charge in [0.05, 0.1) is 4.92 Å². The largest absolute Gasteiger partial charge is 0.324 e. The van der Waals surface area contributed by atoms with Gasteiger partial charge in [-0.15, -0.1) is 0 Å². The monoisotopic (exact) mass is 282 g/mol. The summed E-state index contributed by atoms with van der Waals surface area (Å²) in [6.07, 6.45) is 0. The number of benzene rings is 1. The molecular weight excluding hydrogens is 272 g/mol. The Labute approximate surface area is 113 Å². The standard InChI is InChI=1S/C12H11ClN2O2S/c13-11-4-2-1-3-10(11)7-14-6-9-5-12(15(16)17)18-8-9/h1-5,8,14H,6-7H2. The van der Waals surface area contributed by atoms with Crippen molar-refractivity contribution in [2.24, 2.45) is 0 Å². The third kappa shape index (κ3) is 3.29. The van der Waals surface area contributed by atoms with E-state index in [1.807, 2.05) is 24.3 Å². The number of thiophene rings is 1. The summed E-state index contributed by atoms with van der Waals surface area (Å²) in [5, 5.41) is 16.4. The maximum Gasteiger partial charge on any atom is 0.324 e. The van der Waals surface area contributed by atoms with Crippen LogP contribution in [0.3, 0.4) is 0 Å². The van der Waals surface area contributed by atoms with E-state index in [1.165, 1.54) is 0 Å². The minimum absolute atomic E-state index is 0.171. The van der Waals surface area contributed by atoms with E-state index in [2.05, 4.69) is 5.32 Å². The number of halogens is 1. The Hall–Kier alpha value is -1.43. The van der Waals surface area contributed by atoms with Crippen molar-refractivity contribution in [3.05, 3.63) is 62.0 Å². The summed E-state index contributed by atoms with van der Waals surface area (Å²) in [7, 11) is 0. The number of nitro groups is 1. The van der Waals surface area contributed by atoms with E-state index in [0.717, 1.165) is 27.5 Å². The second-order valence-corrected chi connectivity index (χ2v) is 5.04. The van der Waals surface area contributed by atoms with E-state index in [0.29, 0.717) is 13.1 Å². The Morgan fingerprint density at radius 3 is 2.78 bits per heavy atom. The molecule has 0 saturated carbocycles. The van der Waals surface area contributed by atoms with Gasteiger partial charge in [-0.1, -0.05) is 41.1 Å². The highest BCUT2D eigenvalue weighted by molar-refractivity contribution is 7.13. The zero-order valence-corrected chi connectivity index (χ0v) is 11.0. The van der Waals surface area contributed by atoms with E-state index in [4.69, 9.17) is 11.6 Å². The molecule has 0 saturated heterocycles. The lowest BCUT2D eigenvalue weighted by molar-refractivity contribution is -0.380. The fourth-order valence-electron chi connectivity index (χ4n) is 1.53. The molecule has 0 aliphatic rings. The first-order valence-electron chi connectivity index (χ1n) is 5.33. The summed E-state index contributed by atoms with van der Waals surface area (Å²) in [6.45, 7) is 1.24. The van der Waals surface area contributed by atoms with Crippen molar-refractivity contribution in [2.75, 3.05) is 0 Å². The van der Waals surface area contributed by atoms with Crippen LogP contribution in [0.25, 0.3) is 0 Å². The molecule has 0 bridgehead atoms. The number of nitrogens with one attached hydrogen (secondary N) is 1. The summed E-state index contributed by atoms with van der Waals surface area (Å²) in [4.78, 5) is 10.2. The molecule has 0 amide bonds. The van der Waals surface area contributed by atoms with Gasteiger partial charge in [-0.25, -0.2) is 0 Å². The SMILES string of the molecule is O=[N+]([O-])c1cc(CNCc2ccccc2Cl)cs1. The van der Waals surface area contributed by atoms with Crippen LogP contribution in [0.1, 0.15) is 11.1 Å². The Kier molecular flexibility index (Phi) is 4.30. The Balaban J connectivity index is 1.88. The van der Waals surface area contributed by atoms with Crippen molar-refractivity contribution in [3.8, 4) is 0 Å². The van der Waals surface area contributed by atoms with Gasteiger partial charge in [0.25, 0.3) is 0 Å². The second kappa shape index (κ2) is 5.95. The van der Waals surface area contributed by atoms with E-state index < -0.39 is 0 Å². The van der Waals surface area contributed by atoms with Crippen LogP contribution >= 0.6 is 22.9 Å². The highest BCUT2D eigenvalue weighted by Crippen LogP contribution is 2.22. The minimum Gasteiger partial charge on any atom is -0.309 e. The molecule has 6 heteroatoms. The van der Waals surface area contributed by atoms with Crippen LogP contribution in [0.4, 0.5) is 5.00 Å². The van der Waals surface area contributed by atoms with Gasteiger partial charge in [0.15, 0.2) is 0 Å². The lowest BCUT2D eigenvalue weighted by Gasteiger charge is -2.05. The lowest BCUT2D eigenvalue weighted by atomic mass is 10.2. The molecule has 0 fully saturated rings. The summed E-state index contributed by atoms with van der Waals surface area (Å²) >= 11 is 7.17. The Morgan fingerprint density at radius 2 is 2.11 bits per heavy atom. The zero-order chi connectivity index (χ0) is 13.0. The fraction of sp³-hybridized carbons (Fsp3) is 0.167. The molecular formula is C12H11ClN2O2S. The maximum absolute atomic E-state index is 10.5. The lowest BCUT2D eigenvalue weighted by Crippen LogP contribution is -2.12. The Morgan fingerprint density at radius 1 is 1.33 bits per heavy atom. The van der Waals surface area contributed by atoms with Crippen LogP contribution in [0.15, 0.2) is 35.7 Å². The molecule has 4 nitrogen and oxygen atoms in total. The van der Waals surface area contributed by atoms with E-state index in [-0.39, 0.29) is 9.92 Å². The van der Waals surface area contributed by atoms with Crippen molar-refractivity contribution in [3.63, 3.8) is 0 Å². The first-order chi connectivity index (χ1) is 8.66. The third-order valence-electron chi connectivity index (χ3n) is 2.42. The molecule has 0 unspecified atom stereocenters. The Bertz CT molecular complexity index is 557. The molecule has 1 aromatic heterocycles. The van der Waals surface area contributed by atoms with Crippen molar-refractivity contribution < 1.29 is 4.92 Å². The molecule has 2 aromatic rings. The predicted molar refractivity (Wildman–Crippen MR) is 73.0 cm³/mol. The van der Waals surface area contributed by atoms with Crippen LogP contribution in [0.2, 0.25) is 5.02 Å². The fourth-order valence-corrected chi connectivity index (χ4v) is 2.47. The summed E-state index contributed by atoms with van der Waals surface area (Å²) in [6, 6.07) is 9.19. The average Bonchev–Trinajstić information content (AvgIpc) is 2.80. The molecule has 0 atom stereocenters. The van der Waals surface area contributed by atoms with Gasteiger partial charge < -0.3 is 5.32 Å². The van der Waals surface area contributed by atoms with Crippen molar-refractivity contribution in [2.45, 2.75) is 13.1 Å². The normalized spacial score (nSPS) is 10.5. The molecule has 94 valence electrons. The van der Waals surface area contributed by atoms with Crippen LogP contribution < -0.4 is 5.32 Å². The van der Waals surface area contributed by atoms with Gasteiger partial charge in [-0.05, 0) is 17.2 Å². The smallest absolute Gasteiger partial charge is 0.309 e. The van der Waals surface area contributed by atoms with Crippen LogP contribution in [-0.2, 0) is 13.1 Å². The second-order valence-electron chi connectivity index (χ2n) is 3.75. The van der Waals surface area contributed by atoms with Gasteiger partial charge in [-0.2, -0.15) is 0 Å². The number of hydrogen-bond donors (Lipinski definition) is 1. The number of nitrogens with zero attached hydrogens (tertiary/aromatic N) is 1. The van der Waals surface area contributed by atoms with Gasteiger partial charge in [0.2, 0.25) is 0 Å². The number of rotatable bonds is 5. The van der Waals surface area contributed by atoms with Crippen LogP contribution in [0.5, 0.6) is 0 Å². The van der Waals surface area contributed by atoms with Crippen LogP contribution in [0, 0.1) is 10.1 Å². The first kappa shape index (κ1) is 13.0. The third-order valence-corrected chi connectivity index (χ3v) is 3.72. The van der Waals surface area contributed by atoms with Crippen molar-refractivity contribution in [1.82, 2.24) is 5.32 Å². The molecule has 1 N–H and O–H groups in total. The topological polar surface area (TPSA) is 55.2 Å². The minimum atomic E-state index is -0.373. The number of hydrogen-bond acceptors (Lipinski definition) is 4. The van der Waals surface area contributed by atoms with Crippen molar-refractivity contribution in [1.29, 1.82) is 0 Å². The van der Waals surface area contributed by atoms with Crippen molar-refractivity contribution >= 4 is 27.9 Å². The van der Waals surface area contributed by atoms with Gasteiger partial charge in [-0.3, -0.25) is 10.1 Å². The predicted octanol–water partition coefficient (Wildman–Crippen LogP) is 3.60. The first-order valence-corrected chi connectivity index (χ1v) is 6.58.